The lowest BCUT2D eigenvalue weighted by atomic mass is 10.1. The van der Waals surface area contributed by atoms with Crippen molar-refractivity contribution in [2.45, 2.75) is 26.0 Å². The first-order chi connectivity index (χ1) is 9.58. The number of amides is 1. The molecule has 0 aliphatic carbocycles. The minimum atomic E-state index is -0.685. The molecule has 1 amide bonds. The summed E-state index contributed by atoms with van der Waals surface area (Å²) in [5.41, 5.74) is 1.91. The molecule has 2 rings (SSSR count). The van der Waals surface area contributed by atoms with E-state index in [1.807, 2.05) is 67.2 Å². The zero-order valence-electron chi connectivity index (χ0n) is 11.8. The molecule has 0 aliphatic heterocycles. The van der Waals surface area contributed by atoms with Crippen molar-refractivity contribution in [1.82, 2.24) is 9.88 Å². The fourth-order valence-corrected chi connectivity index (χ4v) is 2.08. The Labute approximate surface area is 119 Å². The predicted molar refractivity (Wildman–Crippen MR) is 78.3 cm³/mol. The molecule has 1 aromatic carbocycles. The van der Waals surface area contributed by atoms with Crippen LogP contribution in [0.25, 0.3) is 0 Å². The van der Waals surface area contributed by atoms with Crippen molar-refractivity contribution in [2.75, 3.05) is 6.54 Å². The minimum absolute atomic E-state index is 0.104. The van der Waals surface area contributed by atoms with Crippen molar-refractivity contribution in [2.24, 2.45) is 0 Å². The van der Waals surface area contributed by atoms with E-state index in [1.54, 1.807) is 0 Å². The molecule has 0 bridgehead atoms. The third kappa shape index (κ3) is 3.48. The second-order valence-corrected chi connectivity index (χ2v) is 4.98. The summed E-state index contributed by atoms with van der Waals surface area (Å²) in [7, 11) is 0. The van der Waals surface area contributed by atoms with Gasteiger partial charge in [-0.2, -0.15) is 0 Å². The van der Waals surface area contributed by atoms with Gasteiger partial charge in [-0.3, -0.25) is 4.79 Å². The van der Waals surface area contributed by atoms with Gasteiger partial charge >= 0.3 is 0 Å². The van der Waals surface area contributed by atoms with E-state index < -0.39 is 6.10 Å². The van der Waals surface area contributed by atoms with E-state index in [2.05, 4.69) is 5.32 Å². The first-order valence-electron chi connectivity index (χ1n) is 6.72. The van der Waals surface area contributed by atoms with Crippen LogP contribution in [0.3, 0.4) is 0 Å². The Hall–Kier alpha value is -2.07. The van der Waals surface area contributed by atoms with Gasteiger partial charge in [0.2, 0.25) is 5.91 Å². The number of nitrogens with one attached hydrogen (secondary N) is 1. The molecule has 1 heterocycles. The van der Waals surface area contributed by atoms with Crippen LogP contribution in [0.4, 0.5) is 0 Å². The molecule has 4 nitrogen and oxygen atoms in total. The molecule has 2 aromatic rings. The summed E-state index contributed by atoms with van der Waals surface area (Å²) >= 11 is 0. The second-order valence-electron chi connectivity index (χ2n) is 4.98. The van der Waals surface area contributed by atoms with Crippen LogP contribution in [0.15, 0.2) is 48.8 Å². The van der Waals surface area contributed by atoms with Crippen LogP contribution < -0.4 is 5.32 Å². The summed E-state index contributed by atoms with van der Waals surface area (Å²) < 4.78 is 1.83. The molecule has 2 atom stereocenters. The summed E-state index contributed by atoms with van der Waals surface area (Å²) in [5.74, 6) is -0.104. The topological polar surface area (TPSA) is 54.3 Å². The largest absolute Gasteiger partial charge is 0.387 e. The molecule has 20 heavy (non-hydrogen) atoms. The summed E-state index contributed by atoms with van der Waals surface area (Å²) in [6, 6.07) is 11.1. The van der Waals surface area contributed by atoms with Gasteiger partial charge in [0.05, 0.1) is 6.10 Å². The number of benzene rings is 1. The molecule has 0 aliphatic rings. The zero-order chi connectivity index (χ0) is 14.5. The molecule has 106 valence electrons. The Morgan fingerprint density at radius 3 is 2.65 bits per heavy atom. The predicted octanol–water partition coefficient (Wildman–Crippen LogP) is 2.21. The Morgan fingerprint density at radius 1 is 1.30 bits per heavy atom. The Balaban J connectivity index is 1.90. The highest BCUT2D eigenvalue weighted by atomic mass is 16.3. The average Bonchev–Trinajstić information content (AvgIpc) is 2.97. The lowest BCUT2D eigenvalue weighted by Crippen LogP contribution is -2.33. The van der Waals surface area contributed by atoms with Gasteiger partial charge in [-0.05, 0) is 31.5 Å². The Morgan fingerprint density at radius 2 is 2.00 bits per heavy atom. The molecule has 1 aromatic heterocycles. The highest BCUT2D eigenvalue weighted by molar-refractivity contribution is 5.79. The molecule has 0 spiro atoms. The summed E-state index contributed by atoms with van der Waals surface area (Å²) in [5, 5.41) is 12.9. The van der Waals surface area contributed by atoms with E-state index in [0.717, 1.165) is 11.1 Å². The quantitative estimate of drug-likeness (QED) is 0.876. The number of aryl methyl sites for hydroxylation is 1. The van der Waals surface area contributed by atoms with Gasteiger partial charge in [-0.1, -0.05) is 29.8 Å². The number of aliphatic hydroxyl groups excluding tert-OH is 1. The van der Waals surface area contributed by atoms with Crippen LogP contribution in [0.1, 0.15) is 30.2 Å². The van der Waals surface area contributed by atoms with Crippen LogP contribution >= 0.6 is 0 Å². The van der Waals surface area contributed by atoms with Crippen molar-refractivity contribution in [3.8, 4) is 0 Å². The van der Waals surface area contributed by atoms with Crippen molar-refractivity contribution < 1.29 is 9.90 Å². The van der Waals surface area contributed by atoms with E-state index in [4.69, 9.17) is 0 Å². The number of aromatic nitrogens is 1. The van der Waals surface area contributed by atoms with Gasteiger partial charge in [0.15, 0.2) is 0 Å². The van der Waals surface area contributed by atoms with E-state index >= 15 is 0 Å². The van der Waals surface area contributed by atoms with Gasteiger partial charge in [0.25, 0.3) is 0 Å². The third-order valence-corrected chi connectivity index (χ3v) is 3.35. The maximum absolute atomic E-state index is 12.0. The van der Waals surface area contributed by atoms with Gasteiger partial charge in [0, 0.05) is 18.9 Å². The van der Waals surface area contributed by atoms with E-state index in [-0.39, 0.29) is 18.5 Å². The number of carbonyl (C=O) groups is 1. The maximum atomic E-state index is 12.0. The highest BCUT2D eigenvalue weighted by Gasteiger charge is 2.15. The number of hydrogen-bond donors (Lipinski definition) is 2. The van der Waals surface area contributed by atoms with E-state index in [1.165, 1.54) is 0 Å². The lowest BCUT2D eigenvalue weighted by Gasteiger charge is -2.17. The van der Waals surface area contributed by atoms with Crippen molar-refractivity contribution in [3.63, 3.8) is 0 Å². The molecule has 0 radical (unpaired) electrons. The van der Waals surface area contributed by atoms with E-state index in [9.17, 15) is 9.90 Å². The van der Waals surface area contributed by atoms with Gasteiger partial charge in [-0.25, -0.2) is 0 Å². The first-order valence-corrected chi connectivity index (χ1v) is 6.72. The van der Waals surface area contributed by atoms with Crippen LogP contribution in [0.2, 0.25) is 0 Å². The van der Waals surface area contributed by atoms with Gasteiger partial charge in [0.1, 0.15) is 6.04 Å². The van der Waals surface area contributed by atoms with Crippen LogP contribution in [-0.2, 0) is 4.79 Å². The minimum Gasteiger partial charge on any atom is -0.387 e. The van der Waals surface area contributed by atoms with Crippen molar-refractivity contribution >= 4 is 5.91 Å². The second kappa shape index (κ2) is 6.39. The highest BCUT2D eigenvalue weighted by Crippen LogP contribution is 2.14. The van der Waals surface area contributed by atoms with E-state index in [0.29, 0.717) is 0 Å². The smallest absolute Gasteiger partial charge is 0.242 e. The monoisotopic (exact) mass is 272 g/mol. The lowest BCUT2D eigenvalue weighted by molar-refractivity contribution is -0.124. The molecule has 0 fully saturated rings. The Bertz CT molecular complexity index is 564. The summed E-state index contributed by atoms with van der Waals surface area (Å²) in [6.07, 6.45) is 3.01. The number of rotatable bonds is 5. The van der Waals surface area contributed by atoms with Gasteiger partial charge < -0.3 is 15.0 Å². The number of nitrogens with zero attached hydrogens (tertiary/aromatic N) is 1. The normalized spacial score (nSPS) is 13.8. The number of aliphatic hydroxyl groups is 1. The standard InChI is InChI=1S/C16H20N2O2/c1-12-6-5-7-14(10-12)15(19)11-17-16(20)13(2)18-8-3-4-9-18/h3-10,13,15,19H,11H2,1-2H3,(H,17,20). The molecular weight excluding hydrogens is 252 g/mol. The van der Waals surface area contributed by atoms with Crippen LogP contribution in [0, 0.1) is 6.92 Å². The number of carbonyl (C=O) groups excluding carboxylic acids is 1. The van der Waals surface area contributed by atoms with Crippen LogP contribution in [-0.4, -0.2) is 22.1 Å². The summed E-state index contributed by atoms with van der Waals surface area (Å²) in [4.78, 5) is 12.0. The molecular formula is C16H20N2O2. The third-order valence-electron chi connectivity index (χ3n) is 3.35. The summed E-state index contributed by atoms with van der Waals surface area (Å²) in [6.45, 7) is 4.02. The molecule has 0 saturated heterocycles. The van der Waals surface area contributed by atoms with Crippen LogP contribution in [0.5, 0.6) is 0 Å². The molecule has 2 N–H and O–H groups in total. The fraction of sp³-hybridized carbons (Fsp3) is 0.312. The van der Waals surface area contributed by atoms with Crippen molar-refractivity contribution in [3.05, 3.63) is 59.9 Å². The van der Waals surface area contributed by atoms with Gasteiger partial charge in [-0.15, -0.1) is 0 Å². The molecule has 0 saturated carbocycles. The SMILES string of the molecule is Cc1cccc(C(O)CNC(=O)C(C)n2cccc2)c1. The molecule has 2 unspecified atom stereocenters. The first kappa shape index (κ1) is 14.3. The fourth-order valence-electron chi connectivity index (χ4n) is 2.08. The number of hydrogen-bond acceptors (Lipinski definition) is 2. The van der Waals surface area contributed by atoms with Crippen molar-refractivity contribution in [1.29, 1.82) is 0 Å². The average molecular weight is 272 g/mol. The molecule has 4 heteroatoms. The Kier molecular flexibility index (Phi) is 4.58. The zero-order valence-corrected chi connectivity index (χ0v) is 11.8. The maximum Gasteiger partial charge on any atom is 0.242 e.